The number of hydrogen-bond donors (Lipinski definition) is 0. The smallest absolute Gasteiger partial charge is 0.337 e. The van der Waals surface area contributed by atoms with Crippen LogP contribution in [0, 0.1) is 6.92 Å². The van der Waals surface area contributed by atoms with Crippen LogP contribution < -0.4 is 9.47 Å². The van der Waals surface area contributed by atoms with Gasteiger partial charge in [-0.1, -0.05) is 42.5 Å². The maximum atomic E-state index is 13.2. The van der Waals surface area contributed by atoms with E-state index in [0.717, 1.165) is 29.0 Å². The van der Waals surface area contributed by atoms with Crippen LogP contribution in [-0.4, -0.2) is 30.5 Å². The van der Waals surface area contributed by atoms with Crippen molar-refractivity contribution in [2.75, 3.05) is 13.8 Å². The van der Waals surface area contributed by atoms with Gasteiger partial charge in [0.1, 0.15) is 18.2 Å². The summed E-state index contributed by atoms with van der Waals surface area (Å²) >= 11 is 0. The second-order valence-electron chi connectivity index (χ2n) is 8.17. The maximum absolute atomic E-state index is 13.2. The van der Waals surface area contributed by atoms with Crippen LogP contribution in [0.15, 0.2) is 66.4 Å². The van der Waals surface area contributed by atoms with Crippen LogP contribution >= 0.6 is 0 Å². The topological polar surface area (TPSA) is 65.1 Å². The van der Waals surface area contributed by atoms with E-state index in [9.17, 15) is 9.59 Å². The minimum Gasteiger partial charge on any atom is -0.478 e. The van der Waals surface area contributed by atoms with E-state index >= 15 is 0 Å². The van der Waals surface area contributed by atoms with Crippen molar-refractivity contribution < 1.29 is 23.8 Å². The summed E-state index contributed by atoms with van der Waals surface area (Å²) in [4.78, 5) is 27.0. The van der Waals surface area contributed by atoms with Crippen LogP contribution in [0.3, 0.4) is 0 Å². The Morgan fingerprint density at radius 3 is 2.61 bits per heavy atom. The summed E-state index contributed by atoms with van der Waals surface area (Å²) in [7, 11) is 1.34. The summed E-state index contributed by atoms with van der Waals surface area (Å²) in [6.45, 7) is 3.74. The number of hydrogen-bond acceptors (Lipinski definition) is 6. The molecule has 0 spiro atoms. The first-order valence-corrected chi connectivity index (χ1v) is 10.7. The predicted molar refractivity (Wildman–Crippen MR) is 123 cm³/mol. The molecule has 3 aromatic rings. The van der Waals surface area contributed by atoms with Gasteiger partial charge in [-0.05, 0) is 47.9 Å². The number of carbonyl (C=O) groups excluding carboxylic acids is 2. The van der Waals surface area contributed by atoms with Gasteiger partial charge in [0.15, 0.2) is 5.76 Å². The Bertz CT molecular complexity index is 1260. The van der Waals surface area contributed by atoms with Crippen LogP contribution in [-0.2, 0) is 17.8 Å². The fourth-order valence-corrected chi connectivity index (χ4v) is 4.20. The first-order chi connectivity index (χ1) is 16.0. The molecule has 0 aromatic heterocycles. The predicted octanol–water partition coefficient (Wildman–Crippen LogP) is 4.75. The second kappa shape index (κ2) is 8.56. The molecule has 0 unspecified atom stereocenters. The van der Waals surface area contributed by atoms with Crippen molar-refractivity contribution in [3.63, 3.8) is 0 Å². The number of carbonyl (C=O) groups is 2. The number of rotatable bonds is 4. The number of benzene rings is 3. The van der Waals surface area contributed by atoms with Crippen molar-refractivity contribution in [1.29, 1.82) is 0 Å². The van der Waals surface area contributed by atoms with Crippen molar-refractivity contribution in [1.82, 2.24) is 4.90 Å². The molecule has 2 heterocycles. The third-order valence-electron chi connectivity index (χ3n) is 5.87. The number of aryl methyl sites for hydroxylation is 1. The Balaban J connectivity index is 1.43. The summed E-state index contributed by atoms with van der Waals surface area (Å²) in [5, 5.41) is 0. The van der Waals surface area contributed by atoms with Gasteiger partial charge in [-0.15, -0.1) is 0 Å². The van der Waals surface area contributed by atoms with E-state index < -0.39 is 5.97 Å². The number of ether oxygens (including phenoxy) is 3. The first kappa shape index (κ1) is 21.0. The lowest BCUT2D eigenvalue weighted by Crippen LogP contribution is -2.31. The molecule has 3 aromatic carbocycles. The van der Waals surface area contributed by atoms with Gasteiger partial charge in [0.25, 0.3) is 0 Å². The van der Waals surface area contributed by atoms with E-state index in [2.05, 4.69) is 17.0 Å². The molecule has 33 heavy (non-hydrogen) atoms. The van der Waals surface area contributed by atoms with Gasteiger partial charge in [-0.25, -0.2) is 4.79 Å². The zero-order valence-electron chi connectivity index (χ0n) is 18.5. The van der Waals surface area contributed by atoms with Gasteiger partial charge in [-0.2, -0.15) is 0 Å². The van der Waals surface area contributed by atoms with E-state index in [1.54, 1.807) is 30.3 Å². The normalized spacial score (nSPS) is 16.1. The zero-order valence-corrected chi connectivity index (χ0v) is 18.5. The van der Waals surface area contributed by atoms with Crippen molar-refractivity contribution in [3.8, 4) is 11.5 Å². The monoisotopic (exact) mass is 441 g/mol. The standard InChI is InChI=1S/C27H23NO5/c1-17-12-22-21(15-28(16-32-22)14-19-6-4-3-5-7-19)26-24(17)25(29)23(33-26)13-18-8-10-20(11-9-18)27(30)31-2/h3-13H,14-16H2,1-2H3/b23-13-. The highest BCUT2D eigenvalue weighted by Gasteiger charge is 2.35. The van der Waals surface area contributed by atoms with Gasteiger partial charge in [0, 0.05) is 13.1 Å². The van der Waals surface area contributed by atoms with Crippen LogP contribution in [0.1, 0.15) is 43.0 Å². The molecule has 2 aliphatic heterocycles. The minimum atomic E-state index is -0.405. The molecule has 5 rings (SSSR count). The molecule has 166 valence electrons. The lowest BCUT2D eigenvalue weighted by molar-refractivity contribution is 0.0600. The molecule has 6 nitrogen and oxygen atoms in total. The highest BCUT2D eigenvalue weighted by Crippen LogP contribution is 2.44. The number of ketones is 1. The minimum absolute atomic E-state index is 0.150. The average molecular weight is 441 g/mol. The van der Waals surface area contributed by atoms with Crippen molar-refractivity contribution >= 4 is 17.8 Å². The number of fused-ring (bicyclic) bond motifs is 3. The fourth-order valence-electron chi connectivity index (χ4n) is 4.20. The lowest BCUT2D eigenvalue weighted by Gasteiger charge is -2.30. The molecule has 2 aliphatic rings. The number of nitrogens with zero attached hydrogens (tertiary/aromatic N) is 1. The Morgan fingerprint density at radius 1 is 1.12 bits per heavy atom. The molecule has 0 aliphatic carbocycles. The fraction of sp³-hybridized carbons (Fsp3) is 0.185. The van der Waals surface area contributed by atoms with Crippen LogP contribution in [0.5, 0.6) is 11.5 Å². The molecule has 0 fully saturated rings. The van der Waals surface area contributed by atoms with Crippen molar-refractivity contribution in [2.45, 2.75) is 20.0 Å². The van der Waals surface area contributed by atoms with Gasteiger partial charge < -0.3 is 14.2 Å². The summed E-state index contributed by atoms with van der Waals surface area (Å²) in [5.41, 5.74) is 4.69. The Hall–Kier alpha value is -3.90. The molecule has 0 radical (unpaired) electrons. The van der Waals surface area contributed by atoms with Gasteiger partial charge >= 0.3 is 5.97 Å². The molecule has 0 N–H and O–H groups in total. The van der Waals surface area contributed by atoms with E-state index in [0.29, 0.717) is 30.2 Å². The van der Waals surface area contributed by atoms with Crippen molar-refractivity contribution in [3.05, 3.63) is 99.8 Å². The molecule has 0 saturated heterocycles. The average Bonchev–Trinajstić information content (AvgIpc) is 3.17. The first-order valence-electron chi connectivity index (χ1n) is 10.7. The summed E-state index contributed by atoms with van der Waals surface area (Å²) in [5.74, 6) is 1.03. The van der Waals surface area contributed by atoms with E-state index in [-0.39, 0.29) is 11.5 Å². The van der Waals surface area contributed by atoms with E-state index in [1.807, 2.05) is 31.2 Å². The molecular formula is C27H23NO5. The zero-order chi connectivity index (χ0) is 22.9. The lowest BCUT2D eigenvalue weighted by atomic mass is 9.98. The van der Waals surface area contributed by atoms with E-state index in [1.165, 1.54) is 12.7 Å². The quantitative estimate of drug-likeness (QED) is 0.430. The summed E-state index contributed by atoms with van der Waals surface area (Å²) in [6, 6.07) is 19.0. The molecule has 0 bridgehead atoms. The molecule has 6 heteroatoms. The van der Waals surface area contributed by atoms with Gasteiger partial charge in [0.05, 0.1) is 23.8 Å². The van der Waals surface area contributed by atoms with Gasteiger partial charge in [-0.3, -0.25) is 9.69 Å². The van der Waals surface area contributed by atoms with Crippen LogP contribution in [0.25, 0.3) is 6.08 Å². The summed E-state index contributed by atoms with van der Waals surface area (Å²) < 4.78 is 16.9. The Labute approximate surface area is 192 Å². The van der Waals surface area contributed by atoms with Crippen molar-refractivity contribution in [2.24, 2.45) is 0 Å². The number of methoxy groups -OCH3 is 1. The third kappa shape index (κ3) is 4.01. The summed E-state index contributed by atoms with van der Waals surface area (Å²) in [6.07, 6.45) is 1.70. The van der Waals surface area contributed by atoms with Crippen LogP contribution in [0.4, 0.5) is 0 Å². The van der Waals surface area contributed by atoms with Gasteiger partial charge in [0.2, 0.25) is 5.78 Å². The molecule has 0 saturated carbocycles. The SMILES string of the molecule is COC(=O)c1ccc(/C=C2\Oc3c4c(cc(C)c3C2=O)OCN(Cc2ccccc2)C4)cc1. The number of allylic oxidation sites excluding steroid dienone is 1. The molecule has 0 atom stereocenters. The Morgan fingerprint density at radius 2 is 1.88 bits per heavy atom. The molecular weight excluding hydrogens is 418 g/mol. The Kier molecular flexibility index (Phi) is 5.44. The third-order valence-corrected chi connectivity index (χ3v) is 5.87. The largest absolute Gasteiger partial charge is 0.478 e. The van der Waals surface area contributed by atoms with E-state index in [4.69, 9.17) is 14.2 Å². The number of esters is 1. The second-order valence-corrected chi connectivity index (χ2v) is 8.17. The highest BCUT2D eigenvalue weighted by atomic mass is 16.5. The maximum Gasteiger partial charge on any atom is 0.337 e. The number of Topliss-reactive ketones (excluding diaryl/α,β-unsaturated/α-hetero) is 1. The molecule has 0 amide bonds. The van der Waals surface area contributed by atoms with Crippen LogP contribution in [0.2, 0.25) is 0 Å². The highest BCUT2D eigenvalue weighted by molar-refractivity contribution is 6.16.